The third-order valence-corrected chi connectivity index (χ3v) is 2.74. The molecule has 1 aromatic carbocycles. The molecule has 0 aromatic heterocycles. The van der Waals surface area contributed by atoms with E-state index < -0.39 is 0 Å². The van der Waals surface area contributed by atoms with Gasteiger partial charge in [0.15, 0.2) is 0 Å². The fraction of sp³-hybridized carbons (Fsp3) is 0.400. The summed E-state index contributed by atoms with van der Waals surface area (Å²) in [4.78, 5) is 0. The first-order chi connectivity index (χ1) is 5.81. The van der Waals surface area contributed by atoms with Crippen LogP contribution in [-0.2, 0) is 0 Å². The molecule has 1 fully saturated rings. The fourth-order valence-electron chi connectivity index (χ4n) is 1.36. The van der Waals surface area contributed by atoms with Gasteiger partial charge in [-0.2, -0.15) is 0 Å². The van der Waals surface area contributed by atoms with Gasteiger partial charge in [0, 0.05) is 11.3 Å². The molecule has 0 unspecified atom stereocenters. The van der Waals surface area contributed by atoms with Crippen LogP contribution in [0.1, 0.15) is 17.9 Å². The van der Waals surface area contributed by atoms with Crippen LogP contribution in [-0.4, -0.2) is 12.5 Å². The molecule has 0 heterocycles. The molecule has 1 saturated carbocycles. The Kier molecular flexibility index (Phi) is 1.97. The highest BCUT2D eigenvalue weighted by atomic mass is 35.5. The molecule has 1 aromatic rings. The van der Waals surface area contributed by atoms with Crippen LogP contribution in [0.3, 0.4) is 0 Å². The van der Waals surface area contributed by atoms with Gasteiger partial charge in [-0.1, -0.05) is 12.1 Å². The van der Waals surface area contributed by atoms with Crippen molar-refractivity contribution in [2.45, 2.75) is 17.7 Å². The highest BCUT2D eigenvalue weighted by Crippen LogP contribution is 2.45. The molecule has 0 amide bonds. The predicted octanol–water partition coefficient (Wildman–Crippen LogP) is 2.79. The molecule has 1 aliphatic carbocycles. The zero-order valence-electron chi connectivity index (χ0n) is 6.96. The SMILES string of the molecule is COc1ccc([C@@H]2C[C@H]2Cl)cc1. The van der Waals surface area contributed by atoms with Gasteiger partial charge in [-0.25, -0.2) is 0 Å². The number of hydrogen-bond acceptors (Lipinski definition) is 1. The van der Waals surface area contributed by atoms with E-state index >= 15 is 0 Å². The summed E-state index contributed by atoms with van der Waals surface area (Å²) in [6, 6.07) is 8.15. The number of benzene rings is 1. The van der Waals surface area contributed by atoms with Crippen molar-refractivity contribution in [2.24, 2.45) is 0 Å². The molecule has 12 heavy (non-hydrogen) atoms. The molecule has 1 nitrogen and oxygen atoms in total. The van der Waals surface area contributed by atoms with E-state index in [0.29, 0.717) is 11.3 Å². The Hall–Kier alpha value is -0.690. The normalized spacial score (nSPS) is 26.8. The van der Waals surface area contributed by atoms with Gasteiger partial charge in [0.25, 0.3) is 0 Å². The lowest BCUT2D eigenvalue weighted by molar-refractivity contribution is 0.414. The zero-order chi connectivity index (χ0) is 8.55. The Labute approximate surface area is 77.3 Å². The molecule has 0 N–H and O–H groups in total. The zero-order valence-corrected chi connectivity index (χ0v) is 7.71. The highest BCUT2D eigenvalue weighted by Gasteiger charge is 2.36. The maximum absolute atomic E-state index is 5.93. The van der Waals surface area contributed by atoms with E-state index in [0.717, 1.165) is 12.2 Å². The van der Waals surface area contributed by atoms with Crippen molar-refractivity contribution in [3.63, 3.8) is 0 Å². The number of alkyl halides is 1. The van der Waals surface area contributed by atoms with Gasteiger partial charge >= 0.3 is 0 Å². The van der Waals surface area contributed by atoms with E-state index in [9.17, 15) is 0 Å². The fourth-order valence-corrected chi connectivity index (χ4v) is 1.70. The second-order valence-corrected chi connectivity index (χ2v) is 3.69. The minimum Gasteiger partial charge on any atom is -0.497 e. The number of halogens is 1. The van der Waals surface area contributed by atoms with Crippen molar-refractivity contribution in [1.29, 1.82) is 0 Å². The monoisotopic (exact) mass is 182 g/mol. The third-order valence-electron chi connectivity index (χ3n) is 2.26. The summed E-state index contributed by atoms with van der Waals surface area (Å²) in [5.74, 6) is 1.49. The standard InChI is InChI=1S/C10H11ClO/c1-12-8-4-2-7(3-5-8)9-6-10(9)11/h2-5,9-10H,6H2,1H3/t9-,10+/m0/s1. The van der Waals surface area contributed by atoms with Crippen LogP contribution < -0.4 is 4.74 Å². The lowest BCUT2D eigenvalue weighted by Gasteiger charge is -2.00. The Morgan fingerprint density at radius 2 is 1.92 bits per heavy atom. The van der Waals surface area contributed by atoms with Crippen molar-refractivity contribution in [3.8, 4) is 5.75 Å². The van der Waals surface area contributed by atoms with Crippen LogP contribution in [0, 0.1) is 0 Å². The van der Waals surface area contributed by atoms with Crippen LogP contribution in [0.15, 0.2) is 24.3 Å². The Bertz CT molecular complexity index is 268. The Balaban J connectivity index is 2.14. The molecule has 2 atom stereocenters. The maximum atomic E-state index is 5.93. The minimum absolute atomic E-state index is 0.360. The summed E-state index contributed by atoms with van der Waals surface area (Å²) >= 11 is 5.93. The molecule has 0 saturated heterocycles. The molecule has 1 aliphatic rings. The van der Waals surface area contributed by atoms with Crippen LogP contribution >= 0.6 is 11.6 Å². The Morgan fingerprint density at radius 3 is 2.33 bits per heavy atom. The van der Waals surface area contributed by atoms with Crippen molar-refractivity contribution in [2.75, 3.05) is 7.11 Å². The van der Waals surface area contributed by atoms with Crippen molar-refractivity contribution < 1.29 is 4.74 Å². The molecule has 0 bridgehead atoms. The van der Waals surface area contributed by atoms with E-state index in [-0.39, 0.29) is 0 Å². The van der Waals surface area contributed by atoms with E-state index in [1.807, 2.05) is 12.1 Å². The summed E-state index contributed by atoms with van der Waals surface area (Å²) in [6.07, 6.45) is 1.12. The summed E-state index contributed by atoms with van der Waals surface area (Å²) in [6.45, 7) is 0. The molecular weight excluding hydrogens is 172 g/mol. The van der Waals surface area contributed by atoms with Gasteiger partial charge in [0.05, 0.1) is 7.11 Å². The van der Waals surface area contributed by atoms with Crippen LogP contribution in [0.4, 0.5) is 0 Å². The average molecular weight is 183 g/mol. The number of hydrogen-bond donors (Lipinski definition) is 0. The van der Waals surface area contributed by atoms with E-state index in [1.54, 1.807) is 7.11 Å². The van der Waals surface area contributed by atoms with Gasteiger partial charge < -0.3 is 4.74 Å². The Morgan fingerprint density at radius 1 is 1.33 bits per heavy atom. The summed E-state index contributed by atoms with van der Waals surface area (Å²) < 4.78 is 5.06. The average Bonchev–Trinajstić information content (AvgIpc) is 2.83. The number of rotatable bonds is 2. The van der Waals surface area contributed by atoms with E-state index in [1.165, 1.54) is 5.56 Å². The van der Waals surface area contributed by atoms with Crippen molar-refractivity contribution in [3.05, 3.63) is 29.8 Å². The minimum atomic E-state index is 0.360. The lowest BCUT2D eigenvalue weighted by atomic mass is 10.1. The number of methoxy groups -OCH3 is 1. The largest absolute Gasteiger partial charge is 0.497 e. The van der Waals surface area contributed by atoms with E-state index in [2.05, 4.69) is 12.1 Å². The molecule has 0 radical (unpaired) electrons. The van der Waals surface area contributed by atoms with Gasteiger partial charge in [0.1, 0.15) is 5.75 Å². The van der Waals surface area contributed by atoms with Crippen LogP contribution in [0.2, 0.25) is 0 Å². The third kappa shape index (κ3) is 1.42. The van der Waals surface area contributed by atoms with Crippen LogP contribution in [0.25, 0.3) is 0 Å². The van der Waals surface area contributed by atoms with Gasteiger partial charge in [-0.15, -0.1) is 11.6 Å². The topological polar surface area (TPSA) is 9.23 Å². The molecule has 2 heteroatoms. The van der Waals surface area contributed by atoms with E-state index in [4.69, 9.17) is 16.3 Å². The van der Waals surface area contributed by atoms with Crippen LogP contribution in [0.5, 0.6) is 5.75 Å². The van der Waals surface area contributed by atoms with Gasteiger partial charge in [0.2, 0.25) is 0 Å². The second kappa shape index (κ2) is 2.98. The highest BCUT2D eigenvalue weighted by molar-refractivity contribution is 6.23. The summed E-state index contributed by atoms with van der Waals surface area (Å²) in [5, 5.41) is 0.360. The smallest absolute Gasteiger partial charge is 0.118 e. The maximum Gasteiger partial charge on any atom is 0.118 e. The summed E-state index contributed by atoms with van der Waals surface area (Å²) in [7, 11) is 1.68. The molecule has 0 aliphatic heterocycles. The first-order valence-electron chi connectivity index (χ1n) is 4.09. The molecule has 2 rings (SSSR count). The number of ether oxygens (including phenoxy) is 1. The molecule has 64 valence electrons. The first kappa shape index (κ1) is 7.93. The lowest BCUT2D eigenvalue weighted by Crippen LogP contribution is -1.84. The van der Waals surface area contributed by atoms with Gasteiger partial charge in [-0.3, -0.25) is 0 Å². The van der Waals surface area contributed by atoms with Gasteiger partial charge in [-0.05, 0) is 24.1 Å². The predicted molar refractivity (Wildman–Crippen MR) is 50.0 cm³/mol. The first-order valence-corrected chi connectivity index (χ1v) is 4.53. The summed E-state index contributed by atoms with van der Waals surface area (Å²) in [5.41, 5.74) is 1.33. The van der Waals surface area contributed by atoms with Crippen molar-refractivity contribution >= 4 is 11.6 Å². The molecule has 0 spiro atoms. The second-order valence-electron chi connectivity index (χ2n) is 3.13. The van der Waals surface area contributed by atoms with Crippen molar-refractivity contribution in [1.82, 2.24) is 0 Å². The quantitative estimate of drug-likeness (QED) is 0.640. The molecular formula is C10H11ClO.